The number of nitrogens with zero attached hydrogens (tertiary/aromatic N) is 3. The van der Waals surface area contributed by atoms with Crippen molar-refractivity contribution >= 4 is 21.6 Å². The number of methoxy groups -OCH3 is 1. The molecule has 0 bridgehead atoms. The van der Waals surface area contributed by atoms with E-state index in [9.17, 15) is 0 Å². The monoisotopic (exact) mass is 303 g/mol. The number of fused-ring (bicyclic) bond motifs is 1. The average Bonchev–Trinajstić information content (AvgIpc) is 2.78. The molecule has 90 valence electrons. The third kappa shape index (κ3) is 1.97. The molecule has 0 aliphatic rings. The number of ether oxygens (including phenoxy) is 1. The minimum absolute atomic E-state index is 0.780. The summed E-state index contributed by atoms with van der Waals surface area (Å²) < 4.78 is 7.67. The van der Waals surface area contributed by atoms with Gasteiger partial charge in [0.05, 0.1) is 19.0 Å². The number of halogens is 1. The molecular formula is C13H10BrN3O. The number of hydrogen-bond acceptors (Lipinski definition) is 3. The molecule has 18 heavy (non-hydrogen) atoms. The molecule has 0 amide bonds. The van der Waals surface area contributed by atoms with E-state index in [-0.39, 0.29) is 0 Å². The molecule has 3 aromatic rings. The predicted molar refractivity (Wildman–Crippen MR) is 72.7 cm³/mol. The number of imidazole rings is 1. The van der Waals surface area contributed by atoms with E-state index in [1.807, 2.05) is 42.6 Å². The minimum Gasteiger partial charge on any atom is -0.497 e. The maximum atomic E-state index is 5.14. The van der Waals surface area contributed by atoms with Gasteiger partial charge in [0, 0.05) is 5.56 Å². The molecule has 0 atom stereocenters. The second kappa shape index (κ2) is 4.42. The van der Waals surface area contributed by atoms with Crippen molar-refractivity contribution in [2.75, 3.05) is 7.11 Å². The Morgan fingerprint density at radius 1 is 1.11 bits per heavy atom. The number of rotatable bonds is 2. The van der Waals surface area contributed by atoms with E-state index in [1.165, 1.54) is 0 Å². The summed E-state index contributed by atoms with van der Waals surface area (Å²) in [6, 6.07) is 11.7. The van der Waals surface area contributed by atoms with Gasteiger partial charge in [-0.15, -0.1) is 0 Å². The summed E-state index contributed by atoms with van der Waals surface area (Å²) in [5.41, 5.74) is 2.76. The van der Waals surface area contributed by atoms with E-state index >= 15 is 0 Å². The van der Waals surface area contributed by atoms with Gasteiger partial charge < -0.3 is 4.74 Å². The second-order valence-corrected chi connectivity index (χ2v) is 4.63. The van der Waals surface area contributed by atoms with Gasteiger partial charge in [-0.05, 0) is 52.3 Å². The van der Waals surface area contributed by atoms with E-state index in [0.717, 1.165) is 27.3 Å². The molecule has 5 heteroatoms. The highest BCUT2D eigenvalue weighted by Gasteiger charge is 2.04. The van der Waals surface area contributed by atoms with Crippen LogP contribution in [0.1, 0.15) is 0 Å². The highest BCUT2D eigenvalue weighted by atomic mass is 79.9. The molecule has 0 saturated carbocycles. The molecule has 0 fully saturated rings. The van der Waals surface area contributed by atoms with E-state index in [2.05, 4.69) is 26.0 Å². The van der Waals surface area contributed by atoms with E-state index in [0.29, 0.717) is 0 Å². The number of benzene rings is 1. The summed E-state index contributed by atoms with van der Waals surface area (Å²) in [5, 5.41) is 4.51. The Labute approximate surface area is 112 Å². The molecule has 0 saturated heterocycles. The van der Waals surface area contributed by atoms with Crippen LogP contribution >= 0.6 is 15.9 Å². The summed E-state index contributed by atoms with van der Waals surface area (Å²) in [4.78, 5) is 4.27. The van der Waals surface area contributed by atoms with Gasteiger partial charge in [-0.2, -0.15) is 5.10 Å². The molecule has 2 heterocycles. The van der Waals surface area contributed by atoms with Crippen LogP contribution in [0.15, 0.2) is 47.2 Å². The Kier molecular flexibility index (Phi) is 2.76. The summed E-state index contributed by atoms with van der Waals surface area (Å²) in [6.45, 7) is 0. The van der Waals surface area contributed by atoms with Crippen LogP contribution < -0.4 is 4.74 Å². The Morgan fingerprint density at radius 3 is 2.61 bits per heavy atom. The zero-order valence-electron chi connectivity index (χ0n) is 9.67. The maximum Gasteiger partial charge on any atom is 0.154 e. The molecule has 0 radical (unpaired) electrons. The van der Waals surface area contributed by atoms with Gasteiger partial charge in [0.15, 0.2) is 5.65 Å². The second-order valence-electron chi connectivity index (χ2n) is 3.81. The Bertz CT molecular complexity index is 691. The van der Waals surface area contributed by atoms with Crippen molar-refractivity contribution in [1.29, 1.82) is 0 Å². The van der Waals surface area contributed by atoms with Crippen LogP contribution in [0.5, 0.6) is 5.75 Å². The third-order valence-corrected chi connectivity index (χ3v) is 3.06. The standard InChI is InChI=1S/C13H10BrN3O/c1-18-10-4-2-9(3-5-10)11-6-7-13-15-12(14)8-17(13)16-11/h2-8H,1H3. The fourth-order valence-corrected chi connectivity index (χ4v) is 2.14. The van der Waals surface area contributed by atoms with Crippen LogP contribution in [-0.4, -0.2) is 21.7 Å². The summed E-state index contributed by atoms with van der Waals surface area (Å²) >= 11 is 3.34. The van der Waals surface area contributed by atoms with Crippen molar-refractivity contribution in [2.45, 2.75) is 0 Å². The lowest BCUT2D eigenvalue weighted by atomic mass is 10.1. The van der Waals surface area contributed by atoms with Gasteiger partial charge in [-0.3, -0.25) is 0 Å². The molecule has 0 aliphatic heterocycles. The highest BCUT2D eigenvalue weighted by molar-refractivity contribution is 9.10. The SMILES string of the molecule is COc1ccc(-c2ccc3nc(Br)cn3n2)cc1. The van der Waals surface area contributed by atoms with Crippen LogP contribution in [0.25, 0.3) is 16.9 Å². The molecule has 4 nitrogen and oxygen atoms in total. The van der Waals surface area contributed by atoms with Crippen LogP contribution in [-0.2, 0) is 0 Å². The van der Waals surface area contributed by atoms with E-state index in [1.54, 1.807) is 11.6 Å². The summed E-state index contributed by atoms with van der Waals surface area (Å²) in [6.07, 6.45) is 1.84. The van der Waals surface area contributed by atoms with Crippen molar-refractivity contribution in [3.63, 3.8) is 0 Å². The molecule has 0 spiro atoms. The quantitative estimate of drug-likeness (QED) is 0.730. The van der Waals surface area contributed by atoms with Crippen molar-refractivity contribution in [1.82, 2.24) is 14.6 Å². The number of aromatic nitrogens is 3. The fraction of sp³-hybridized carbons (Fsp3) is 0.0769. The molecule has 1 aromatic carbocycles. The third-order valence-electron chi connectivity index (χ3n) is 2.68. The fourth-order valence-electron chi connectivity index (χ4n) is 1.77. The lowest BCUT2D eigenvalue weighted by Crippen LogP contribution is -1.93. The Balaban J connectivity index is 2.06. The first kappa shape index (κ1) is 11.2. The smallest absolute Gasteiger partial charge is 0.154 e. The number of hydrogen-bond donors (Lipinski definition) is 0. The van der Waals surface area contributed by atoms with Crippen molar-refractivity contribution in [2.24, 2.45) is 0 Å². The van der Waals surface area contributed by atoms with Crippen LogP contribution in [0.4, 0.5) is 0 Å². The first-order valence-corrected chi connectivity index (χ1v) is 6.22. The van der Waals surface area contributed by atoms with Gasteiger partial charge in [0.2, 0.25) is 0 Å². The summed E-state index contributed by atoms with van der Waals surface area (Å²) in [7, 11) is 1.66. The Morgan fingerprint density at radius 2 is 1.89 bits per heavy atom. The molecule has 2 aromatic heterocycles. The van der Waals surface area contributed by atoms with Crippen LogP contribution in [0.2, 0.25) is 0 Å². The van der Waals surface area contributed by atoms with E-state index < -0.39 is 0 Å². The lowest BCUT2D eigenvalue weighted by molar-refractivity contribution is 0.415. The maximum absolute atomic E-state index is 5.14. The zero-order valence-corrected chi connectivity index (χ0v) is 11.3. The molecule has 0 N–H and O–H groups in total. The van der Waals surface area contributed by atoms with Gasteiger partial charge in [0.1, 0.15) is 10.4 Å². The van der Waals surface area contributed by atoms with Crippen molar-refractivity contribution in [3.05, 3.63) is 47.2 Å². The Hall–Kier alpha value is -1.88. The van der Waals surface area contributed by atoms with Gasteiger partial charge in [0.25, 0.3) is 0 Å². The van der Waals surface area contributed by atoms with Crippen LogP contribution in [0.3, 0.4) is 0 Å². The lowest BCUT2D eigenvalue weighted by Gasteiger charge is -2.03. The highest BCUT2D eigenvalue weighted by Crippen LogP contribution is 2.21. The minimum atomic E-state index is 0.780. The van der Waals surface area contributed by atoms with Gasteiger partial charge in [-0.25, -0.2) is 9.50 Å². The van der Waals surface area contributed by atoms with Crippen molar-refractivity contribution in [3.8, 4) is 17.0 Å². The van der Waals surface area contributed by atoms with Crippen molar-refractivity contribution < 1.29 is 4.74 Å². The van der Waals surface area contributed by atoms with Gasteiger partial charge >= 0.3 is 0 Å². The largest absolute Gasteiger partial charge is 0.497 e. The average molecular weight is 304 g/mol. The first-order valence-electron chi connectivity index (χ1n) is 5.42. The summed E-state index contributed by atoms with van der Waals surface area (Å²) in [5.74, 6) is 0.838. The predicted octanol–water partition coefficient (Wildman–Crippen LogP) is 3.17. The van der Waals surface area contributed by atoms with E-state index in [4.69, 9.17) is 4.74 Å². The zero-order chi connectivity index (χ0) is 12.5. The first-order chi connectivity index (χ1) is 8.76. The molecule has 0 aliphatic carbocycles. The topological polar surface area (TPSA) is 39.4 Å². The molecule has 0 unspecified atom stereocenters. The van der Waals surface area contributed by atoms with Gasteiger partial charge in [-0.1, -0.05) is 0 Å². The molecule has 3 rings (SSSR count). The molecular weight excluding hydrogens is 294 g/mol. The van der Waals surface area contributed by atoms with Crippen LogP contribution in [0, 0.1) is 0 Å². The normalized spacial score (nSPS) is 10.8.